The maximum absolute atomic E-state index is 12.8. The Bertz CT molecular complexity index is 1140. The van der Waals surface area contributed by atoms with Crippen LogP contribution < -0.4 is 20.9 Å². The van der Waals surface area contributed by atoms with E-state index in [0.29, 0.717) is 13.1 Å². The average Bonchev–Trinajstić information content (AvgIpc) is 2.94. The van der Waals surface area contributed by atoms with Crippen LogP contribution in [-0.4, -0.2) is 70.3 Å². The van der Waals surface area contributed by atoms with E-state index in [1.54, 1.807) is 6.20 Å². The summed E-state index contributed by atoms with van der Waals surface area (Å²) in [5.74, 6) is 1.02. The first-order valence-electron chi connectivity index (χ1n) is 13.3. The number of rotatable bonds is 12. The number of benzene rings is 1. The molecule has 4 rings (SSSR count). The third kappa shape index (κ3) is 8.46. The molecule has 3 N–H and O–H groups in total. The minimum atomic E-state index is -0.361. The van der Waals surface area contributed by atoms with E-state index in [4.69, 9.17) is 4.98 Å². The van der Waals surface area contributed by atoms with Gasteiger partial charge in [-0.1, -0.05) is 43.3 Å². The molecule has 2 aromatic heterocycles. The van der Waals surface area contributed by atoms with Crippen molar-refractivity contribution in [1.29, 1.82) is 0 Å². The van der Waals surface area contributed by atoms with Crippen molar-refractivity contribution < 1.29 is 4.79 Å². The predicted octanol–water partition coefficient (Wildman–Crippen LogP) is 2.27. The first-order chi connectivity index (χ1) is 18.5. The van der Waals surface area contributed by atoms with E-state index in [-0.39, 0.29) is 17.5 Å². The zero-order valence-corrected chi connectivity index (χ0v) is 23.4. The zero-order chi connectivity index (χ0) is 26.7. The van der Waals surface area contributed by atoms with E-state index >= 15 is 0 Å². The van der Waals surface area contributed by atoms with Gasteiger partial charge >= 0.3 is 0 Å². The Morgan fingerprint density at radius 2 is 1.61 bits per heavy atom. The van der Waals surface area contributed by atoms with Crippen LogP contribution in [-0.2, 0) is 31.0 Å². The summed E-state index contributed by atoms with van der Waals surface area (Å²) in [7, 11) is 5.78. The van der Waals surface area contributed by atoms with Crippen molar-refractivity contribution in [2.75, 3.05) is 38.1 Å². The van der Waals surface area contributed by atoms with Crippen LogP contribution in [0.4, 0.5) is 5.82 Å². The van der Waals surface area contributed by atoms with Crippen molar-refractivity contribution in [2.45, 2.75) is 44.7 Å². The number of hydrogen-bond acceptors (Lipinski definition) is 7. The molecule has 0 spiro atoms. The second-order valence-electron chi connectivity index (χ2n) is 9.88. The van der Waals surface area contributed by atoms with Gasteiger partial charge in [0.25, 0.3) is 0 Å². The summed E-state index contributed by atoms with van der Waals surface area (Å²) in [6, 6.07) is 20.0. The molecule has 8 nitrogen and oxygen atoms in total. The molecule has 1 aromatic carbocycles. The Morgan fingerprint density at radius 1 is 0.895 bits per heavy atom. The van der Waals surface area contributed by atoms with Crippen molar-refractivity contribution >= 4 is 22.0 Å². The molecule has 38 heavy (non-hydrogen) atoms. The van der Waals surface area contributed by atoms with E-state index in [9.17, 15) is 4.79 Å². The number of piperazine rings is 1. The van der Waals surface area contributed by atoms with Crippen LogP contribution in [0.2, 0.25) is 5.54 Å². The van der Waals surface area contributed by atoms with Gasteiger partial charge in [0.1, 0.15) is 5.82 Å². The summed E-state index contributed by atoms with van der Waals surface area (Å²) in [5, 5.41) is 9.85. The van der Waals surface area contributed by atoms with E-state index in [1.165, 1.54) is 5.56 Å². The predicted molar refractivity (Wildman–Crippen MR) is 153 cm³/mol. The van der Waals surface area contributed by atoms with Gasteiger partial charge in [0.2, 0.25) is 5.91 Å². The molecule has 1 aliphatic heterocycles. The smallest absolute Gasteiger partial charge is 0.237 e. The summed E-state index contributed by atoms with van der Waals surface area (Å²) >= 11 is 0. The van der Waals surface area contributed by atoms with Crippen LogP contribution in [0.25, 0.3) is 0 Å². The number of anilines is 1. The fourth-order valence-corrected chi connectivity index (χ4v) is 4.67. The zero-order valence-electron chi connectivity index (χ0n) is 22.4. The van der Waals surface area contributed by atoms with Crippen molar-refractivity contribution in [1.82, 2.24) is 30.8 Å². The summed E-state index contributed by atoms with van der Waals surface area (Å²) in [6.45, 7) is 8.64. The number of nitrogens with one attached hydrogen (secondary N) is 3. The Hall–Kier alpha value is -3.11. The molecule has 3 aromatic rings. The minimum Gasteiger partial charge on any atom is -0.354 e. The second kappa shape index (κ2) is 14.2. The molecular formula is C29H38N7OSi. The van der Waals surface area contributed by atoms with E-state index in [0.717, 1.165) is 62.0 Å². The highest BCUT2D eigenvalue weighted by Crippen LogP contribution is 2.14. The largest absolute Gasteiger partial charge is 0.354 e. The SMILES string of the molecule is CC([Si])[C@H](NCc1ccccn1)C(=O)NCc1ccc(CNCc2cccc(N3CCN(C)CC3)n2)cc1. The lowest BCUT2D eigenvalue weighted by molar-refractivity contribution is -0.123. The molecule has 2 atom stereocenters. The van der Waals surface area contributed by atoms with Gasteiger partial charge in [-0.05, 0) is 48.0 Å². The van der Waals surface area contributed by atoms with Gasteiger partial charge in [-0.25, -0.2) is 4.98 Å². The number of nitrogens with zero attached hydrogens (tertiary/aromatic N) is 4. The first kappa shape index (κ1) is 27.9. The van der Waals surface area contributed by atoms with E-state index in [2.05, 4.69) is 90.5 Å². The molecule has 1 unspecified atom stereocenters. The summed E-state index contributed by atoms with van der Waals surface area (Å²) in [4.78, 5) is 26.7. The number of aromatic nitrogens is 2. The number of amides is 1. The fourth-order valence-electron chi connectivity index (χ4n) is 4.40. The third-order valence-electron chi connectivity index (χ3n) is 6.76. The normalized spacial score (nSPS) is 15.7. The molecule has 3 heterocycles. The van der Waals surface area contributed by atoms with Crippen LogP contribution in [0.1, 0.15) is 29.4 Å². The van der Waals surface area contributed by atoms with Gasteiger partial charge in [0.15, 0.2) is 0 Å². The lowest BCUT2D eigenvalue weighted by atomic mass is 10.1. The molecule has 0 saturated carbocycles. The lowest BCUT2D eigenvalue weighted by Crippen LogP contribution is -2.46. The monoisotopic (exact) mass is 528 g/mol. The number of likely N-dealkylation sites (N-methyl/N-ethyl adjacent to an activating group) is 1. The standard InChI is InChI=1S/C29H38N7OSi/c1-22(38)28(32-21-25-6-3-4-13-31-25)29(37)33-19-24-11-9-23(10-12-24)18-30-20-26-7-5-8-27(34-26)36-16-14-35(2)15-17-36/h3-13,22,28,30,32H,14-21H2,1-2H3,(H,33,37)/t22?,28-/m0/s1. The Morgan fingerprint density at radius 3 is 2.29 bits per heavy atom. The molecule has 1 saturated heterocycles. The quantitative estimate of drug-likeness (QED) is 0.311. The van der Waals surface area contributed by atoms with Crippen molar-refractivity contribution in [3.05, 3.63) is 89.4 Å². The lowest BCUT2D eigenvalue weighted by Gasteiger charge is -2.33. The van der Waals surface area contributed by atoms with Crippen LogP contribution >= 0.6 is 0 Å². The second-order valence-corrected chi connectivity index (χ2v) is 10.8. The molecule has 3 radical (unpaired) electrons. The van der Waals surface area contributed by atoms with Crippen LogP contribution in [0.15, 0.2) is 66.9 Å². The first-order valence-corrected chi connectivity index (χ1v) is 13.9. The third-order valence-corrected chi connectivity index (χ3v) is 7.09. The molecule has 1 amide bonds. The highest BCUT2D eigenvalue weighted by Gasteiger charge is 2.21. The fraction of sp³-hybridized carbons (Fsp3) is 0.414. The van der Waals surface area contributed by atoms with Crippen LogP contribution in [0.3, 0.4) is 0 Å². The minimum absolute atomic E-state index is 0.0242. The highest BCUT2D eigenvalue weighted by atomic mass is 28.1. The van der Waals surface area contributed by atoms with E-state index in [1.807, 2.05) is 25.1 Å². The Labute approximate surface area is 229 Å². The maximum atomic E-state index is 12.8. The van der Waals surface area contributed by atoms with Crippen molar-refractivity contribution in [3.8, 4) is 0 Å². The topological polar surface area (TPSA) is 85.4 Å². The molecular weight excluding hydrogens is 490 g/mol. The number of hydrogen-bond donors (Lipinski definition) is 3. The van der Waals surface area contributed by atoms with Gasteiger partial charge in [-0.2, -0.15) is 0 Å². The molecule has 199 valence electrons. The molecule has 1 aliphatic rings. The number of carbonyl (C=O) groups excluding carboxylic acids is 1. The molecule has 9 heteroatoms. The van der Waals surface area contributed by atoms with Gasteiger partial charge in [-0.15, -0.1) is 0 Å². The van der Waals surface area contributed by atoms with Gasteiger partial charge < -0.3 is 25.8 Å². The summed E-state index contributed by atoms with van der Waals surface area (Å²) < 4.78 is 0. The maximum Gasteiger partial charge on any atom is 0.237 e. The summed E-state index contributed by atoms with van der Waals surface area (Å²) in [5.41, 5.74) is 4.18. The average molecular weight is 529 g/mol. The van der Waals surface area contributed by atoms with Gasteiger partial charge in [0.05, 0.1) is 17.4 Å². The van der Waals surface area contributed by atoms with Crippen LogP contribution in [0.5, 0.6) is 0 Å². The Balaban J connectivity index is 1.20. The van der Waals surface area contributed by atoms with Crippen molar-refractivity contribution in [2.24, 2.45) is 0 Å². The summed E-state index contributed by atoms with van der Waals surface area (Å²) in [6.07, 6.45) is 1.76. The van der Waals surface area contributed by atoms with Crippen LogP contribution in [0, 0.1) is 0 Å². The van der Waals surface area contributed by atoms with Gasteiger partial charge in [-0.3, -0.25) is 9.78 Å². The molecule has 1 fully saturated rings. The highest BCUT2D eigenvalue weighted by molar-refractivity contribution is 6.14. The Kier molecular flexibility index (Phi) is 10.4. The molecule has 0 aliphatic carbocycles. The van der Waals surface area contributed by atoms with Gasteiger partial charge in [0, 0.05) is 68.8 Å². The number of pyridine rings is 2. The van der Waals surface area contributed by atoms with Crippen molar-refractivity contribution in [3.63, 3.8) is 0 Å². The molecule has 0 bridgehead atoms. The van der Waals surface area contributed by atoms with E-state index < -0.39 is 0 Å². The number of carbonyl (C=O) groups is 1.